The molecule has 3 N–H and O–H groups in total. The minimum atomic E-state index is 0.124. The van der Waals surface area contributed by atoms with E-state index in [1.54, 1.807) is 11.8 Å². The minimum absolute atomic E-state index is 0.124. The minimum Gasteiger partial charge on any atom is -0.308 e. The van der Waals surface area contributed by atoms with Gasteiger partial charge in [-0.05, 0) is 6.92 Å². The van der Waals surface area contributed by atoms with E-state index < -0.39 is 0 Å². The van der Waals surface area contributed by atoms with Crippen LogP contribution in [-0.2, 0) is 0 Å². The molecular formula is C12H22N4S. The largest absolute Gasteiger partial charge is 0.308 e. The fraction of sp³-hybridized carbons (Fsp3) is 0.667. The number of nitrogen functional groups attached to an aromatic ring is 1. The van der Waals surface area contributed by atoms with Gasteiger partial charge in [-0.25, -0.2) is 15.8 Å². The Bertz CT molecular complexity index is 396. The van der Waals surface area contributed by atoms with E-state index >= 15 is 0 Å². The van der Waals surface area contributed by atoms with Gasteiger partial charge >= 0.3 is 0 Å². The summed E-state index contributed by atoms with van der Waals surface area (Å²) in [4.78, 5) is 9.04. The average Bonchev–Trinajstić information content (AvgIpc) is 2.18. The summed E-state index contributed by atoms with van der Waals surface area (Å²) in [6, 6.07) is 0. The van der Waals surface area contributed by atoms with E-state index in [1.807, 2.05) is 6.92 Å². The Morgan fingerprint density at radius 1 is 1.24 bits per heavy atom. The maximum absolute atomic E-state index is 5.50. The van der Waals surface area contributed by atoms with Crippen LogP contribution in [0.25, 0.3) is 0 Å². The topological polar surface area (TPSA) is 63.8 Å². The van der Waals surface area contributed by atoms with Crippen LogP contribution in [0.3, 0.4) is 0 Å². The molecule has 1 aromatic rings. The van der Waals surface area contributed by atoms with E-state index in [2.05, 4.69) is 50.0 Å². The molecule has 17 heavy (non-hydrogen) atoms. The second kappa shape index (κ2) is 5.23. The number of aromatic nitrogens is 2. The quantitative estimate of drug-likeness (QED) is 0.375. The van der Waals surface area contributed by atoms with Crippen LogP contribution >= 0.6 is 11.8 Å². The van der Waals surface area contributed by atoms with E-state index in [-0.39, 0.29) is 4.75 Å². The molecule has 1 rings (SSSR count). The third-order valence-electron chi connectivity index (χ3n) is 2.17. The normalized spacial score (nSPS) is 12.0. The Kier molecular flexibility index (Phi) is 4.38. The van der Waals surface area contributed by atoms with Crippen LogP contribution in [0.15, 0.2) is 5.03 Å². The van der Waals surface area contributed by atoms with Crippen molar-refractivity contribution in [3.8, 4) is 0 Å². The zero-order valence-electron chi connectivity index (χ0n) is 11.5. The van der Waals surface area contributed by atoms with Crippen molar-refractivity contribution in [1.29, 1.82) is 0 Å². The Morgan fingerprint density at radius 3 is 2.24 bits per heavy atom. The zero-order chi connectivity index (χ0) is 13.2. The average molecular weight is 254 g/mol. The van der Waals surface area contributed by atoms with Crippen LogP contribution in [0.2, 0.25) is 0 Å². The van der Waals surface area contributed by atoms with Crippen LogP contribution in [0.1, 0.15) is 51.9 Å². The Morgan fingerprint density at radius 2 is 1.82 bits per heavy atom. The van der Waals surface area contributed by atoms with Gasteiger partial charge in [0.05, 0.1) is 0 Å². The number of hydrogen-bond acceptors (Lipinski definition) is 5. The SMILES string of the molecule is Cc1c(NN)nc(C(C)C)nc1SC(C)(C)C. The molecule has 0 amide bonds. The van der Waals surface area contributed by atoms with E-state index in [0.717, 1.165) is 22.2 Å². The van der Waals surface area contributed by atoms with Crippen molar-refractivity contribution in [2.45, 2.75) is 57.2 Å². The second-order valence-corrected chi connectivity index (χ2v) is 7.19. The number of nitrogens with one attached hydrogen (secondary N) is 1. The molecule has 0 aliphatic carbocycles. The van der Waals surface area contributed by atoms with Crippen molar-refractivity contribution in [3.05, 3.63) is 11.4 Å². The lowest BCUT2D eigenvalue weighted by Crippen LogP contribution is -2.15. The summed E-state index contributed by atoms with van der Waals surface area (Å²) in [6.45, 7) is 12.7. The van der Waals surface area contributed by atoms with Gasteiger partial charge in [-0.2, -0.15) is 0 Å². The van der Waals surface area contributed by atoms with Crippen LogP contribution in [0, 0.1) is 6.92 Å². The van der Waals surface area contributed by atoms with Gasteiger partial charge in [-0.3, -0.25) is 0 Å². The summed E-state index contributed by atoms with van der Waals surface area (Å²) in [5.74, 6) is 7.34. The van der Waals surface area contributed by atoms with Crippen LogP contribution in [0.5, 0.6) is 0 Å². The van der Waals surface area contributed by atoms with Crippen molar-refractivity contribution < 1.29 is 0 Å². The monoisotopic (exact) mass is 254 g/mol. The van der Waals surface area contributed by atoms with E-state index in [0.29, 0.717) is 5.92 Å². The van der Waals surface area contributed by atoms with Gasteiger partial charge in [0.25, 0.3) is 0 Å². The van der Waals surface area contributed by atoms with E-state index in [9.17, 15) is 0 Å². The second-order valence-electron chi connectivity index (χ2n) is 5.37. The lowest BCUT2D eigenvalue weighted by atomic mass is 10.2. The van der Waals surface area contributed by atoms with E-state index in [1.165, 1.54) is 0 Å². The fourth-order valence-electron chi connectivity index (χ4n) is 1.30. The Labute approximate surface area is 108 Å². The molecule has 0 saturated carbocycles. The molecule has 1 aromatic heterocycles. The third kappa shape index (κ3) is 3.85. The molecule has 4 nitrogen and oxygen atoms in total. The van der Waals surface area contributed by atoms with Gasteiger partial charge < -0.3 is 5.43 Å². The number of nitrogens with two attached hydrogens (primary N) is 1. The molecule has 0 unspecified atom stereocenters. The predicted octanol–water partition coefficient (Wildman–Crippen LogP) is 3.08. The first kappa shape index (κ1) is 14.3. The molecule has 5 heteroatoms. The molecule has 0 aliphatic rings. The number of anilines is 1. The first-order chi connectivity index (χ1) is 7.74. The number of hydrogen-bond donors (Lipinski definition) is 2. The first-order valence-corrected chi connectivity index (χ1v) is 6.60. The standard InChI is InChI=1S/C12H22N4S/c1-7(2)9-14-10(16-13)8(3)11(15-9)17-12(4,5)6/h7H,13H2,1-6H3,(H,14,15,16). The third-order valence-corrected chi connectivity index (χ3v) is 3.38. The Hall–Kier alpha value is -0.810. The maximum atomic E-state index is 5.50. The molecule has 0 atom stereocenters. The summed E-state index contributed by atoms with van der Waals surface area (Å²) in [7, 11) is 0. The van der Waals surface area contributed by atoms with Crippen molar-refractivity contribution in [3.63, 3.8) is 0 Å². The number of thioether (sulfide) groups is 1. The molecule has 0 spiro atoms. The Balaban J connectivity index is 3.23. The van der Waals surface area contributed by atoms with Gasteiger partial charge in [0.15, 0.2) is 0 Å². The van der Waals surface area contributed by atoms with Gasteiger partial charge in [-0.15, -0.1) is 11.8 Å². The summed E-state index contributed by atoms with van der Waals surface area (Å²) in [5, 5.41) is 1.00. The number of rotatable bonds is 3. The zero-order valence-corrected chi connectivity index (χ0v) is 12.3. The van der Waals surface area contributed by atoms with Crippen LogP contribution in [0.4, 0.5) is 5.82 Å². The van der Waals surface area contributed by atoms with Crippen molar-refractivity contribution in [1.82, 2.24) is 9.97 Å². The lowest BCUT2D eigenvalue weighted by Gasteiger charge is -2.20. The molecule has 0 saturated heterocycles. The molecule has 96 valence electrons. The maximum Gasteiger partial charge on any atom is 0.147 e. The van der Waals surface area contributed by atoms with Gasteiger partial charge in [0.1, 0.15) is 16.7 Å². The fourth-order valence-corrected chi connectivity index (χ4v) is 2.27. The van der Waals surface area contributed by atoms with Crippen LogP contribution in [-0.4, -0.2) is 14.7 Å². The highest BCUT2D eigenvalue weighted by Crippen LogP contribution is 2.35. The van der Waals surface area contributed by atoms with Crippen molar-refractivity contribution >= 4 is 17.6 Å². The first-order valence-electron chi connectivity index (χ1n) is 5.78. The van der Waals surface area contributed by atoms with Gasteiger partial charge in [-0.1, -0.05) is 34.6 Å². The molecule has 0 fully saturated rings. The number of nitrogens with zero attached hydrogens (tertiary/aromatic N) is 2. The molecule has 1 heterocycles. The number of hydrazine groups is 1. The molecule has 0 aromatic carbocycles. The van der Waals surface area contributed by atoms with Crippen molar-refractivity contribution in [2.24, 2.45) is 5.84 Å². The summed E-state index contributed by atoms with van der Waals surface area (Å²) >= 11 is 1.74. The molecule has 0 aliphatic heterocycles. The molecular weight excluding hydrogens is 232 g/mol. The highest BCUT2D eigenvalue weighted by molar-refractivity contribution is 8.00. The highest BCUT2D eigenvalue weighted by atomic mass is 32.2. The molecule has 0 radical (unpaired) electrons. The van der Waals surface area contributed by atoms with Crippen LogP contribution < -0.4 is 11.3 Å². The molecule has 0 bridgehead atoms. The van der Waals surface area contributed by atoms with Gasteiger partial charge in [0, 0.05) is 16.2 Å². The predicted molar refractivity (Wildman–Crippen MR) is 74.3 cm³/mol. The summed E-state index contributed by atoms with van der Waals surface area (Å²) in [5.41, 5.74) is 3.66. The summed E-state index contributed by atoms with van der Waals surface area (Å²) in [6.07, 6.45) is 0. The van der Waals surface area contributed by atoms with Gasteiger partial charge in [0.2, 0.25) is 0 Å². The van der Waals surface area contributed by atoms with E-state index in [4.69, 9.17) is 5.84 Å². The smallest absolute Gasteiger partial charge is 0.147 e. The lowest BCUT2D eigenvalue weighted by molar-refractivity contribution is 0.741. The summed E-state index contributed by atoms with van der Waals surface area (Å²) < 4.78 is 0.124. The van der Waals surface area contributed by atoms with Crippen molar-refractivity contribution in [2.75, 3.05) is 5.43 Å². The highest BCUT2D eigenvalue weighted by Gasteiger charge is 2.19.